The Morgan fingerprint density at radius 1 is 1.44 bits per heavy atom. The Balaban J connectivity index is 3.26. The Labute approximate surface area is 94.3 Å². The Hall–Kier alpha value is -1.34. The number of amides is 1. The summed E-state index contributed by atoms with van der Waals surface area (Å²) in [5.41, 5.74) is 0.225. The molecule has 1 amide bonds. The van der Waals surface area contributed by atoms with Crippen LogP contribution >= 0.6 is 0 Å². The van der Waals surface area contributed by atoms with Gasteiger partial charge in [-0.3, -0.25) is 4.79 Å². The van der Waals surface area contributed by atoms with Crippen LogP contribution in [-0.4, -0.2) is 39.8 Å². The highest BCUT2D eigenvalue weighted by Crippen LogP contribution is 2.20. The van der Waals surface area contributed by atoms with Crippen molar-refractivity contribution in [3.05, 3.63) is 17.4 Å². The van der Waals surface area contributed by atoms with E-state index in [1.54, 1.807) is 6.92 Å². The number of hydrogen-bond donors (Lipinski definition) is 1. The Morgan fingerprint density at radius 3 is 2.44 bits per heavy atom. The maximum atomic E-state index is 11.7. The normalized spacial score (nSPS) is 11.8. The highest BCUT2D eigenvalue weighted by atomic mass is 32.2. The van der Waals surface area contributed by atoms with Gasteiger partial charge in [-0.05, 0) is 6.92 Å². The number of nitrogens with zero attached hydrogens (tertiary/aromatic N) is 1. The lowest BCUT2D eigenvalue weighted by atomic mass is 10.2. The van der Waals surface area contributed by atoms with E-state index in [9.17, 15) is 13.2 Å². The molecule has 0 saturated heterocycles. The highest BCUT2D eigenvalue weighted by Gasteiger charge is 2.25. The van der Waals surface area contributed by atoms with Crippen LogP contribution in [0.1, 0.15) is 16.1 Å². The van der Waals surface area contributed by atoms with Gasteiger partial charge in [-0.1, -0.05) is 0 Å². The first-order valence-electron chi connectivity index (χ1n) is 4.55. The van der Waals surface area contributed by atoms with Crippen molar-refractivity contribution in [2.45, 2.75) is 12.0 Å². The lowest BCUT2D eigenvalue weighted by Crippen LogP contribution is -2.22. The second-order valence-electron chi connectivity index (χ2n) is 3.40. The first kappa shape index (κ1) is 12.7. The maximum absolute atomic E-state index is 11.7. The van der Waals surface area contributed by atoms with Gasteiger partial charge in [0.05, 0.1) is 5.56 Å². The number of sulfonamides is 1. The van der Waals surface area contributed by atoms with E-state index in [4.69, 9.17) is 4.42 Å². The summed E-state index contributed by atoms with van der Waals surface area (Å²) < 4.78 is 29.5. The van der Waals surface area contributed by atoms with Crippen LogP contribution in [0.25, 0.3) is 0 Å². The molecular weight excluding hydrogens is 232 g/mol. The maximum Gasteiger partial charge on any atom is 0.275 e. The van der Waals surface area contributed by atoms with Crippen molar-refractivity contribution in [2.75, 3.05) is 21.1 Å². The van der Waals surface area contributed by atoms with Gasteiger partial charge >= 0.3 is 0 Å². The molecule has 0 saturated carbocycles. The molecule has 0 radical (unpaired) electrons. The fourth-order valence-electron chi connectivity index (χ4n) is 1.12. The predicted molar refractivity (Wildman–Crippen MR) is 57.7 cm³/mol. The molecule has 0 aliphatic carbocycles. The predicted octanol–water partition coefficient (Wildman–Crippen LogP) is 0.198. The second kappa shape index (κ2) is 4.26. The smallest absolute Gasteiger partial charge is 0.275 e. The Morgan fingerprint density at radius 2 is 2.00 bits per heavy atom. The third-order valence-electron chi connectivity index (χ3n) is 2.10. The Bertz CT molecular complexity index is 502. The minimum atomic E-state index is -3.63. The van der Waals surface area contributed by atoms with Gasteiger partial charge in [0.25, 0.3) is 15.9 Å². The van der Waals surface area contributed by atoms with Crippen LogP contribution in [0.3, 0.4) is 0 Å². The molecule has 1 rings (SSSR count). The number of carbonyl (C=O) groups is 1. The van der Waals surface area contributed by atoms with Crippen LogP contribution < -0.4 is 5.32 Å². The average Bonchev–Trinajstić information content (AvgIpc) is 2.59. The summed E-state index contributed by atoms with van der Waals surface area (Å²) in [5, 5.41) is 2.18. The zero-order valence-corrected chi connectivity index (χ0v) is 10.4. The van der Waals surface area contributed by atoms with Crippen LogP contribution in [0, 0.1) is 6.92 Å². The summed E-state index contributed by atoms with van der Waals surface area (Å²) in [7, 11) is 0.625. The molecule has 0 aliphatic rings. The molecule has 7 heteroatoms. The number of furan rings is 1. The van der Waals surface area contributed by atoms with Crippen molar-refractivity contribution >= 4 is 15.9 Å². The fraction of sp³-hybridized carbons (Fsp3) is 0.444. The first-order valence-corrected chi connectivity index (χ1v) is 5.99. The molecule has 0 aromatic carbocycles. The minimum Gasteiger partial charge on any atom is -0.448 e. The lowest BCUT2D eigenvalue weighted by Gasteiger charge is -2.07. The van der Waals surface area contributed by atoms with E-state index in [0.29, 0.717) is 0 Å². The van der Waals surface area contributed by atoms with Crippen LogP contribution in [-0.2, 0) is 10.0 Å². The molecule has 0 spiro atoms. The minimum absolute atomic E-state index is 0.225. The molecule has 1 N–H and O–H groups in total. The van der Waals surface area contributed by atoms with E-state index in [1.165, 1.54) is 27.2 Å². The van der Waals surface area contributed by atoms with E-state index in [0.717, 1.165) is 4.31 Å². The lowest BCUT2D eigenvalue weighted by molar-refractivity contribution is 0.0961. The molecule has 16 heavy (non-hydrogen) atoms. The van der Waals surface area contributed by atoms with Gasteiger partial charge in [0.15, 0.2) is 0 Å². The van der Waals surface area contributed by atoms with Gasteiger partial charge in [0, 0.05) is 27.2 Å². The van der Waals surface area contributed by atoms with Gasteiger partial charge in [-0.2, -0.15) is 0 Å². The van der Waals surface area contributed by atoms with E-state index >= 15 is 0 Å². The molecule has 1 heterocycles. The van der Waals surface area contributed by atoms with Crippen molar-refractivity contribution in [2.24, 2.45) is 0 Å². The molecule has 0 bridgehead atoms. The number of nitrogens with one attached hydrogen (secondary N) is 1. The van der Waals surface area contributed by atoms with Gasteiger partial charge < -0.3 is 9.73 Å². The monoisotopic (exact) mass is 246 g/mol. The van der Waals surface area contributed by atoms with Gasteiger partial charge in [-0.25, -0.2) is 12.7 Å². The van der Waals surface area contributed by atoms with Crippen LogP contribution in [0.4, 0.5) is 0 Å². The highest BCUT2D eigenvalue weighted by molar-refractivity contribution is 7.88. The second-order valence-corrected chi connectivity index (χ2v) is 5.48. The summed E-state index contributed by atoms with van der Waals surface area (Å²) in [6, 6.07) is 1.23. The van der Waals surface area contributed by atoms with Crippen molar-refractivity contribution < 1.29 is 17.6 Å². The zero-order chi connectivity index (χ0) is 12.5. The van der Waals surface area contributed by atoms with E-state index in [2.05, 4.69) is 5.32 Å². The molecule has 1 aromatic heterocycles. The summed E-state index contributed by atoms with van der Waals surface area (Å²) in [4.78, 5) is 11.4. The summed E-state index contributed by atoms with van der Waals surface area (Å²) in [5.74, 6) is -0.0961. The molecule has 0 atom stereocenters. The molecule has 1 aromatic rings. The molecule has 0 unspecified atom stereocenters. The average molecular weight is 246 g/mol. The quantitative estimate of drug-likeness (QED) is 0.826. The van der Waals surface area contributed by atoms with Crippen LogP contribution in [0.2, 0.25) is 0 Å². The van der Waals surface area contributed by atoms with E-state index < -0.39 is 10.0 Å². The molecule has 0 aliphatic heterocycles. The number of carbonyl (C=O) groups excluding carboxylic acids is 1. The van der Waals surface area contributed by atoms with Crippen molar-refractivity contribution in [1.82, 2.24) is 9.62 Å². The molecule has 90 valence electrons. The Kier molecular flexibility index (Phi) is 3.39. The summed E-state index contributed by atoms with van der Waals surface area (Å²) >= 11 is 0. The van der Waals surface area contributed by atoms with Gasteiger partial charge in [-0.15, -0.1) is 0 Å². The molecule has 0 fully saturated rings. The number of aryl methyl sites for hydroxylation is 1. The largest absolute Gasteiger partial charge is 0.448 e. The van der Waals surface area contributed by atoms with Crippen LogP contribution in [0.15, 0.2) is 15.6 Å². The molecule has 6 nitrogen and oxygen atoms in total. The first-order chi connectivity index (χ1) is 7.30. The summed E-state index contributed by atoms with van der Waals surface area (Å²) in [6.07, 6.45) is 0. The van der Waals surface area contributed by atoms with Crippen LogP contribution in [0.5, 0.6) is 0 Å². The SMILES string of the molecule is CNC(=O)c1cc(S(=O)(=O)N(C)C)oc1C. The summed E-state index contributed by atoms with van der Waals surface area (Å²) in [6.45, 7) is 1.54. The van der Waals surface area contributed by atoms with Crippen molar-refractivity contribution in [1.29, 1.82) is 0 Å². The molecular formula is C9H14N2O4S. The number of hydrogen-bond acceptors (Lipinski definition) is 4. The third kappa shape index (κ3) is 2.10. The third-order valence-corrected chi connectivity index (χ3v) is 3.77. The fourth-order valence-corrected chi connectivity index (χ4v) is 1.98. The topological polar surface area (TPSA) is 79.6 Å². The standard InChI is InChI=1S/C9H14N2O4S/c1-6-7(9(12)10-2)5-8(15-6)16(13,14)11(3)4/h5H,1-4H3,(H,10,12). The van der Waals surface area contributed by atoms with Crippen molar-refractivity contribution in [3.63, 3.8) is 0 Å². The van der Waals surface area contributed by atoms with Gasteiger partial charge in [0.2, 0.25) is 5.09 Å². The zero-order valence-electron chi connectivity index (χ0n) is 9.57. The number of rotatable bonds is 3. The van der Waals surface area contributed by atoms with E-state index in [1.807, 2.05) is 0 Å². The van der Waals surface area contributed by atoms with Gasteiger partial charge in [0.1, 0.15) is 5.76 Å². The van der Waals surface area contributed by atoms with E-state index in [-0.39, 0.29) is 22.3 Å². The van der Waals surface area contributed by atoms with Crippen molar-refractivity contribution in [3.8, 4) is 0 Å².